The van der Waals surface area contributed by atoms with Gasteiger partial charge in [0.2, 0.25) is 16.0 Å². The Morgan fingerprint density at radius 2 is 1.76 bits per heavy atom. The Hall–Kier alpha value is -3.01. The Balaban J connectivity index is 1.51. The average Bonchev–Trinajstić information content (AvgIpc) is 2.85. The van der Waals surface area contributed by atoms with E-state index in [1.54, 1.807) is 26.0 Å². The second-order valence-corrected chi connectivity index (χ2v) is 10.2. The van der Waals surface area contributed by atoms with E-state index in [-0.39, 0.29) is 15.6 Å². The third kappa shape index (κ3) is 4.91. The van der Waals surface area contributed by atoms with Crippen molar-refractivity contribution >= 4 is 39.2 Å². The zero-order chi connectivity index (χ0) is 24.3. The minimum Gasteiger partial charge on any atom is -0.336 e. The van der Waals surface area contributed by atoms with Gasteiger partial charge in [-0.3, -0.25) is 4.79 Å². The number of halogens is 1. The van der Waals surface area contributed by atoms with Crippen LogP contribution in [0.5, 0.6) is 0 Å². The molecule has 1 aromatic heterocycles. The van der Waals surface area contributed by atoms with Gasteiger partial charge in [0.15, 0.2) is 5.69 Å². The predicted octanol–water partition coefficient (Wildman–Crippen LogP) is 3.98. The molecule has 1 aliphatic heterocycles. The summed E-state index contributed by atoms with van der Waals surface area (Å²) in [5.41, 5.74) is 3.01. The van der Waals surface area contributed by atoms with Crippen LogP contribution >= 0.6 is 11.6 Å². The summed E-state index contributed by atoms with van der Waals surface area (Å²) in [6.07, 6.45) is 2.30. The van der Waals surface area contributed by atoms with Crippen LogP contribution in [0.15, 0.2) is 59.6 Å². The third-order valence-corrected chi connectivity index (χ3v) is 8.16. The molecule has 8 nitrogen and oxygen atoms in total. The molecule has 4 rings (SSSR count). The topological polar surface area (TPSA) is 95.5 Å². The minimum atomic E-state index is -3.57. The molecule has 0 atom stereocenters. The molecule has 10 heteroatoms. The summed E-state index contributed by atoms with van der Waals surface area (Å²) in [6, 6.07) is 14.3. The van der Waals surface area contributed by atoms with Crippen molar-refractivity contribution in [1.29, 1.82) is 0 Å². The SMILES string of the molecule is CCN(CC)S(=O)(=O)c1ccc(NC(=O)c2nc(N3CCc4ccccc4C3)ncc2Cl)cc1. The van der Waals surface area contributed by atoms with Crippen molar-refractivity contribution in [2.75, 3.05) is 29.9 Å². The molecule has 0 saturated heterocycles. The van der Waals surface area contributed by atoms with Crippen molar-refractivity contribution in [2.24, 2.45) is 0 Å². The summed E-state index contributed by atoms with van der Waals surface area (Å²) in [5.74, 6) is -0.0601. The molecule has 0 aliphatic carbocycles. The van der Waals surface area contributed by atoms with Crippen molar-refractivity contribution in [1.82, 2.24) is 14.3 Å². The van der Waals surface area contributed by atoms with E-state index in [9.17, 15) is 13.2 Å². The fourth-order valence-electron chi connectivity index (χ4n) is 3.95. The van der Waals surface area contributed by atoms with E-state index in [2.05, 4.69) is 27.4 Å². The number of fused-ring (bicyclic) bond motifs is 1. The number of benzene rings is 2. The smallest absolute Gasteiger partial charge is 0.276 e. The Bertz CT molecular complexity index is 1290. The third-order valence-electron chi connectivity index (χ3n) is 5.82. The van der Waals surface area contributed by atoms with Gasteiger partial charge in [0.05, 0.1) is 16.1 Å². The maximum atomic E-state index is 12.9. The molecule has 1 amide bonds. The average molecular weight is 500 g/mol. The molecule has 2 heterocycles. The lowest BCUT2D eigenvalue weighted by Gasteiger charge is -2.29. The Morgan fingerprint density at radius 3 is 2.44 bits per heavy atom. The van der Waals surface area contributed by atoms with E-state index >= 15 is 0 Å². The van der Waals surface area contributed by atoms with Crippen LogP contribution in [-0.4, -0.2) is 48.2 Å². The van der Waals surface area contributed by atoms with E-state index in [0.29, 0.717) is 31.3 Å². The Kier molecular flexibility index (Phi) is 7.16. The van der Waals surface area contributed by atoms with Crippen molar-refractivity contribution in [3.05, 3.63) is 76.6 Å². The number of anilines is 2. The Labute approximate surface area is 204 Å². The highest BCUT2D eigenvalue weighted by Crippen LogP contribution is 2.24. The molecule has 0 spiro atoms. The maximum absolute atomic E-state index is 12.9. The molecular formula is C24H26ClN5O3S. The summed E-state index contributed by atoms with van der Waals surface area (Å²) < 4.78 is 26.7. The summed E-state index contributed by atoms with van der Waals surface area (Å²) in [4.78, 5) is 23.9. The van der Waals surface area contributed by atoms with Crippen molar-refractivity contribution < 1.29 is 13.2 Å². The van der Waals surface area contributed by atoms with Crippen LogP contribution < -0.4 is 10.2 Å². The largest absolute Gasteiger partial charge is 0.336 e. The van der Waals surface area contributed by atoms with E-state index in [0.717, 1.165) is 13.0 Å². The molecule has 3 aromatic rings. The fourth-order valence-corrected chi connectivity index (χ4v) is 5.58. The van der Waals surface area contributed by atoms with Gasteiger partial charge >= 0.3 is 0 Å². The molecular weight excluding hydrogens is 474 g/mol. The number of nitrogens with one attached hydrogen (secondary N) is 1. The molecule has 0 fully saturated rings. The zero-order valence-corrected chi connectivity index (χ0v) is 20.6. The van der Waals surface area contributed by atoms with Gasteiger partial charge < -0.3 is 10.2 Å². The van der Waals surface area contributed by atoms with Crippen LogP contribution in [0.3, 0.4) is 0 Å². The van der Waals surface area contributed by atoms with E-state index < -0.39 is 15.9 Å². The number of amides is 1. The van der Waals surface area contributed by atoms with Crippen LogP contribution in [0.2, 0.25) is 5.02 Å². The maximum Gasteiger partial charge on any atom is 0.276 e. The molecule has 34 heavy (non-hydrogen) atoms. The zero-order valence-electron chi connectivity index (χ0n) is 19.0. The van der Waals surface area contributed by atoms with Crippen LogP contribution in [-0.2, 0) is 23.0 Å². The highest BCUT2D eigenvalue weighted by Gasteiger charge is 2.23. The molecule has 178 valence electrons. The summed E-state index contributed by atoms with van der Waals surface area (Å²) >= 11 is 6.24. The first-order valence-electron chi connectivity index (χ1n) is 11.1. The number of sulfonamides is 1. The van der Waals surface area contributed by atoms with Gasteiger partial charge in [-0.15, -0.1) is 0 Å². The van der Waals surface area contributed by atoms with E-state index in [4.69, 9.17) is 11.6 Å². The van der Waals surface area contributed by atoms with Gasteiger partial charge in [-0.2, -0.15) is 4.31 Å². The van der Waals surface area contributed by atoms with Gasteiger partial charge in [-0.25, -0.2) is 18.4 Å². The summed E-state index contributed by atoms with van der Waals surface area (Å²) in [6.45, 7) is 5.74. The fraction of sp³-hybridized carbons (Fsp3) is 0.292. The van der Waals surface area contributed by atoms with Gasteiger partial charge in [0, 0.05) is 31.9 Å². The first-order valence-corrected chi connectivity index (χ1v) is 12.9. The predicted molar refractivity (Wildman–Crippen MR) is 133 cm³/mol. The van der Waals surface area contributed by atoms with Gasteiger partial charge in [-0.1, -0.05) is 49.7 Å². The lowest BCUT2D eigenvalue weighted by atomic mass is 10.0. The lowest BCUT2D eigenvalue weighted by molar-refractivity contribution is 0.102. The van der Waals surface area contributed by atoms with E-state index in [1.807, 2.05) is 17.0 Å². The number of hydrogen-bond acceptors (Lipinski definition) is 6. The number of hydrogen-bond donors (Lipinski definition) is 1. The van der Waals surface area contributed by atoms with Crippen LogP contribution in [0.4, 0.5) is 11.6 Å². The molecule has 1 N–H and O–H groups in total. The summed E-state index contributed by atoms with van der Waals surface area (Å²) in [5, 5.41) is 2.88. The molecule has 0 bridgehead atoms. The molecule has 0 radical (unpaired) electrons. The second kappa shape index (κ2) is 10.1. The van der Waals surface area contributed by atoms with E-state index in [1.165, 1.54) is 33.8 Å². The Morgan fingerprint density at radius 1 is 1.09 bits per heavy atom. The monoisotopic (exact) mass is 499 g/mol. The van der Waals surface area contributed by atoms with Gasteiger partial charge in [-0.05, 0) is 41.8 Å². The number of carbonyl (C=O) groups is 1. The number of rotatable bonds is 7. The van der Waals surface area contributed by atoms with Crippen LogP contribution in [0.1, 0.15) is 35.5 Å². The van der Waals surface area contributed by atoms with Crippen LogP contribution in [0, 0.1) is 0 Å². The van der Waals surface area contributed by atoms with Crippen LogP contribution in [0.25, 0.3) is 0 Å². The number of aromatic nitrogens is 2. The highest BCUT2D eigenvalue weighted by atomic mass is 35.5. The lowest BCUT2D eigenvalue weighted by Crippen LogP contribution is -2.32. The van der Waals surface area contributed by atoms with Crippen molar-refractivity contribution in [2.45, 2.75) is 31.7 Å². The minimum absolute atomic E-state index is 0.0605. The first kappa shape index (κ1) is 24.1. The standard InChI is InChI=1S/C24H26ClN5O3S/c1-3-30(4-2)34(32,33)20-11-9-19(10-12-20)27-23(31)22-21(25)15-26-24(28-22)29-14-13-17-7-5-6-8-18(17)16-29/h5-12,15H,3-4,13-14,16H2,1-2H3,(H,27,31). The molecule has 1 aliphatic rings. The van der Waals surface area contributed by atoms with Gasteiger partial charge in [0.1, 0.15) is 0 Å². The van der Waals surface area contributed by atoms with Crippen molar-refractivity contribution in [3.63, 3.8) is 0 Å². The second-order valence-electron chi connectivity index (χ2n) is 7.87. The molecule has 0 unspecified atom stereocenters. The number of carbonyl (C=O) groups excluding carboxylic acids is 1. The normalized spacial score (nSPS) is 13.6. The molecule has 2 aromatic carbocycles. The van der Waals surface area contributed by atoms with Crippen molar-refractivity contribution in [3.8, 4) is 0 Å². The van der Waals surface area contributed by atoms with Gasteiger partial charge in [0.25, 0.3) is 5.91 Å². The molecule has 0 saturated carbocycles. The quantitative estimate of drug-likeness (QED) is 0.528. The number of nitrogens with zero attached hydrogens (tertiary/aromatic N) is 4. The first-order chi connectivity index (χ1) is 16.3. The summed E-state index contributed by atoms with van der Waals surface area (Å²) in [7, 11) is -3.57. The highest BCUT2D eigenvalue weighted by molar-refractivity contribution is 7.89.